The van der Waals surface area contributed by atoms with Crippen LogP contribution in [0.15, 0.2) is 60.7 Å². The Labute approximate surface area is 195 Å². The fourth-order valence-electron chi connectivity index (χ4n) is 3.73. The number of hydrogen-bond acceptors (Lipinski definition) is 5. The smallest absolute Gasteiger partial charge is 0.247 e. The van der Waals surface area contributed by atoms with Crippen LogP contribution in [0.5, 0.6) is 0 Å². The van der Waals surface area contributed by atoms with E-state index in [1.165, 1.54) is 11.9 Å². The standard InChI is InChI=1S/C24H31N3O5S/c1-26(33(2,30)31)18-22(28)27(17-19-10-5-3-6-11-19)23(20-12-7-4-8-13-20)24(29)25-16-21-14-9-15-32-21/h3-8,10-13,21,23H,9,14-18H2,1-2H3,(H,25,29)/t21-,23+/m1/s1. The number of carbonyl (C=O) groups is 2. The molecular formula is C24H31N3O5S. The summed E-state index contributed by atoms with van der Waals surface area (Å²) in [6, 6.07) is 17.4. The van der Waals surface area contributed by atoms with E-state index < -0.39 is 22.0 Å². The zero-order valence-electron chi connectivity index (χ0n) is 19.0. The Balaban J connectivity index is 1.92. The van der Waals surface area contributed by atoms with Crippen LogP contribution in [0.3, 0.4) is 0 Å². The van der Waals surface area contributed by atoms with E-state index in [0.29, 0.717) is 18.7 Å². The molecule has 8 nitrogen and oxygen atoms in total. The van der Waals surface area contributed by atoms with E-state index >= 15 is 0 Å². The average molecular weight is 474 g/mol. The van der Waals surface area contributed by atoms with Gasteiger partial charge in [-0.3, -0.25) is 9.59 Å². The largest absolute Gasteiger partial charge is 0.376 e. The van der Waals surface area contributed by atoms with Gasteiger partial charge in [0.25, 0.3) is 0 Å². The van der Waals surface area contributed by atoms with Crippen LogP contribution in [0.2, 0.25) is 0 Å². The highest BCUT2D eigenvalue weighted by atomic mass is 32.2. The van der Waals surface area contributed by atoms with Crippen molar-refractivity contribution in [3.05, 3.63) is 71.8 Å². The summed E-state index contributed by atoms with van der Waals surface area (Å²) < 4.78 is 30.5. The van der Waals surface area contributed by atoms with E-state index in [9.17, 15) is 18.0 Å². The second-order valence-corrected chi connectivity index (χ2v) is 10.3. The molecule has 1 fully saturated rings. The molecule has 1 aliphatic rings. The van der Waals surface area contributed by atoms with Gasteiger partial charge in [-0.1, -0.05) is 60.7 Å². The van der Waals surface area contributed by atoms with Crippen molar-refractivity contribution in [1.29, 1.82) is 0 Å². The molecule has 3 rings (SSSR count). The minimum absolute atomic E-state index is 0.0417. The van der Waals surface area contributed by atoms with Crippen LogP contribution in [0.4, 0.5) is 0 Å². The van der Waals surface area contributed by atoms with Crippen LogP contribution in [0.25, 0.3) is 0 Å². The quantitative estimate of drug-likeness (QED) is 0.569. The summed E-state index contributed by atoms with van der Waals surface area (Å²) in [7, 11) is -2.22. The van der Waals surface area contributed by atoms with Gasteiger partial charge in [-0.2, -0.15) is 4.31 Å². The lowest BCUT2D eigenvalue weighted by atomic mass is 10.0. The molecule has 1 heterocycles. The van der Waals surface area contributed by atoms with Gasteiger partial charge in [0.05, 0.1) is 18.9 Å². The first-order chi connectivity index (χ1) is 15.8. The van der Waals surface area contributed by atoms with Crippen molar-refractivity contribution in [2.45, 2.75) is 31.5 Å². The molecule has 0 aliphatic carbocycles. The summed E-state index contributed by atoms with van der Waals surface area (Å²) in [4.78, 5) is 28.3. The van der Waals surface area contributed by atoms with Gasteiger partial charge in [0.15, 0.2) is 0 Å². The maximum absolute atomic E-state index is 13.4. The highest BCUT2D eigenvalue weighted by molar-refractivity contribution is 7.88. The molecule has 2 amide bonds. The number of nitrogens with zero attached hydrogens (tertiary/aromatic N) is 2. The number of nitrogens with one attached hydrogen (secondary N) is 1. The SMILES string of the molecule is CN(CC(=O)N(Cc1ccccc1)[C@H](C(=O)NC[C@H]1CCCO1)c1ccccc1)S(C)(=O)=O. The van der Waals surface area contributed by atoms with Gasteiger partial charge >= 0.3 is 0 Å². The molecule has 2 aromatic rings. The summed E-state index contributed by atoms with van der Waals surface area (Å²) in [5, 5.41) is 2.94. The molecular weight excluding hydrogens is 442 g/mol. The number of rotatable bonds is 10. The third kappa shape index (κ3) is 7.12. The zero-order chi connectivity index (χ0) is 23.8. The number of ether oxygens (including phenoxy) is 1. The van der Waals surface area contributed by atoms with E-state index in [1.807, 2.05) is 48.5 Å². The van der Waals surface area contributed by atoms with Crippen LogP contribution >= 0.6 is 0 Å². The van der Waals surface area contributed by atoms with Gasteiger partial charge in [0, 0.05) is 26.7 Å². The molecule has 9 heteroatoms. The first kappa shape index (κ1) is 24.9. The molecule has 0 aromatic heterocycles. The summed E-state index contributed by atoms with van der Waals surface area (Å²) in [6.07, 6.45) is 2.84. The highest BCUT2D eigenvalue weighted by Gasteiger charge is 2.33. The predicted molar refractivity (Wildman–Crippen MR) is 126 cm³/mol. The van der Waals surface area contributed by atoms with Gasteiger partial charge < -0.3 is 15.0 Å². The van der Waals surface area contributed by atoms with Gasteiger partial charge in [-0.15, -0.1) is 0 Å². The fourth-order valence-corrected chi connectivity index (χ4v) is 4.07. The second-order valence-electron chi connectivity index (χ2n) is 8.22. The fraction of sp³-hybridized carbons (Fsp3) is 0.417. The van der Waals surface area contributed by atoms with Crippen LogP contribution in [-0.2, 0) is 30.9 Å². The first-order valence-corrected chi connectivity index (χ1v) is 12.8. The van der Waals surface area contributed by atoms with Crippen molar-refractivity contribution in [1.82, 2.24) is 14.5 Å². The van der Waals surface area contributed by atoms with Crippen molar-refractivity contribution in [2.75, 3.05) is 33.0 Å². The Morgan fingerprint density at radius 3 is 2.30 bits per heavy atom. The van der Waals surface area contributed by atoms with E-state index in [2.05, 4.69) is 5.32 Å². The lowest BCUT2D eigenvalue weighted by Gasteiger charge is -2.33. The summed E-state index contributed by atoms with van der Waals surface area (Å²) in [5.74, 6) is -0.795. The van der Waals surface area contributed by atoms with Crippen molar-refractivity contribution < 1.29 is 22.7 Å². The molecule has 2 aromatic carbocycles. The summed E-state index contributed by atoms with van der Waals surface area (Å²) in [6.45, 7) is 0.829. The topological polar surface area (TPSA) is 96.0 Å². The number of sulfonamides is 1. The molecule has 1 N–H and O–H groups in total. The number of benzene rings is 2. The Hall–Kier alpha value is -2.75. The minimum atomic E-state index is -3.57. The molecule has 0 unspecified atom stereocenters. The van der Waals surface area contributed by atoms with E-state index in [-0.39, 0.29) is 25.1 Å². The van der Waals surface area contributed by atoms with Crippen LogP contribution in [0, 0.1) is 0 Å². The molecule has 178 valence electrons. The first-order valence-electron chi connectivity index (χ1n) is 10.9. The third-order valence-electron chi connectivity index (χ3n) is 5.64. The van der Waals surface area contributed by atoms with Crippen molar-refractivity contribution in [3.8, 4) is 0 Å². The summed E-state index contributed by atoms with van der Waals surface area (Å²) in [5.41, 5.74) is 1.48. The van der Waals surface area contributed by atoms with Crippen LogP contribution in [0.1, 0.15) is 30.0 Å². The second kappa shape index (κ2) is 11.4. The number of carbonyl (C=O) groups excluding carboxylic acids is 2. The molecule has 0 bridgehead atoms. The van der Waals surface area contributed by atoms with Crippen LogP contribution in [-0.4, -0.2) is 68.5 Å². The number of amides is 2. The van der Waals surface area contributed by atoms with E-state index in [1.54, 1.807) is 12.1 Å². The zero-order valence-corrected chi connectivity index (χ0v) is 19.8. The predicted octanol–water partition coefficient (Wildman–Crippen LogP) is 1.94. The molecule has 0 saturated carbocycles. The van der Waals surface area contributed by atoms with Crippen molar-refractivity contribution >= 4 is 21.8 Å². The van der Waals surface area contributed by atoms with E-state index in [4.69, 9.17) is 4.74 Å². The Kier molecular flexibility index (Phi) is 8.60. The van der Waals surface area contributed by atoms with Gasteiger partial charge in [-0.25, -0.2) is 8.42 Å². The van der Waals surface area contributed by atoms with Crippen LogP contribution < -0.4 is 5.32 Å². The van der Waals surface area contributed by atoms with E-state index in [0.717, 1.165) is 29.0 Å². The molecule has 33 heavy (non-hydrogen) atoms. The van der Waals surface area contributed by atoms with Crippen molar-refractivity contribution in [3.63, 3.8) is 0 Å². The highest BCUT2D eigenvalue weighted by Crippen LogP contribution is 2.24. The Morgan fingerprint density at radius 2 is 1.73 bits per heavy atom. The number of likely N-dealkylation sites (N-methyl/N-ethyl adjacent to an activating group) is 1. The minimum Gasteiger partial charge on any atom is -0.376 e. The Bertz CT molecular complexity index is 1020. The van der Waals surface area contributed by atoms with Gasteiger partial charge in [-0.05, 0) is 24.0 Å². The van der Waals surface area contributed by atoms with Crippen molar-refractivity contribution in [2.24, 2.45) is 0 Å². The van der Waals surface area contributed by atoms with Gasteiger partial charge in [0.2, 0.25) is 21.8 Å². The summed E-state index contributed by atoms with van der Waals surface area (Å²) >= 11 is 0. The number of hydrogen-bond donors (Lipinski definition) is 1. The molecule has 1 aliphatic heterocycles. The third-order valence-corrected chi connectivity index (χ3v) is 6.90. The monoisotopic (exact) mass is 473 g/mol. The van der Waals surface area contributed by atoms with Gasteiger partial charge in [0.1, 0.15) is 6.04 Å². The lowest BCUT2D eigenvalue weighted by Crippen LogP contribution is -2.48. The average Bonchev–Trinajstić information content (AvgIpc) is 3.32. The lowest BCUT2D eigenvalue weighted by molar-refractivity contribution is -0.141. The normalized spacial score (nSPS) is 17.0. The molecule has 0 radical (unpaired) electrons. The maximum Gasteiger partial charge on any atom is 0.247 e. The Morgan fingerprint density at radius 1 is 1.09 bits per heavy atom. The maximum atomic E-state index is 13.4. The molecule has 2 atom stereocenters. The molecule has 0 spiro atoms. The molecule has 1 saturated heterocycles.